The predicted octanol–water partition coefficient (Wildman–Crippen LogP) is 1.92. The van der Waals surface area contributed by atoms with E-state index in [1.165, 1.54) is 18.4 Å². The quantitative estimate of drug-likeness (QED) is 0.870. The van der Waals surface area contributed by atoms with E-state index in [1.54, 1.807) is 6.92 Å². The zero-order valence-corrected chi connectivity index (χ0v) is 13.1. The predicted molar refractivity (Wildman–Crippen MR) is 85.8 cm³/mol. The van der Waals surface area contributed by atoms with E-state index in [1.807, 2.05) is 6.07 Å². The third kappa shape index (κ3) is 4.55. The summed E-state index contributed by atoms with van der Waals surface area (Å²) in [7, 11) is 0. The summed E-state index contributed by atoms with van der Waals surface area (Å²) in [4.78, 5) is 14.2. The first-order chi connectivity index (χ1) is 10.1. The lowest BCUT2D eigenvalue weighted by molar-refractivity contribution is -0.122. The zero-order valence-electron chi connectivity index (χ0n) is 13.1. The van der Waals surface area contributed by atoms with E-state index >= 15 is 0 Å². The first-order valence-corrected chi connectivity index (χ1v) is 7.90. The number of carbonyl (C=O) groups excluding carboxylic acids is 1. The monoisotopic (exact) mass is 289 g/mol. The summed E-state index contributed by atoms with van der Waals surface area (Å²) in [6.45, 7) is 6.84. The van der Waals surface area contributed by atoms with Crippen molar-refractivity contribution in [1.29, 1.82) is 0 Å². The summed E-state index contributed by atoms with van der Waals surface area (Å²) >= 11 is 0. The molecule has 0 aliphatic carbocycles. The van der Waals surface area contributed by atoms with Crippen LogP contribution in [-0.4, -0.2) is 36.5 Å². The molecule has 2 atom stereocenters. The van der Waals surface area contributed by atoms with Gasteiger partial charge in [-0.15, -0.1) is 0 Å². The molecule has 1 amide bonds. The molecule has 0 spiro atoms. The van der Waals surface area contributed by atoms with Crippen LogP contribution < -0.4 is 11.1 Å². The van der Waals surface area contributed by atoms with Gasteiger partial charge in [0.15, 0.2) is 0 Å². The van der Waals surface area contributed by atoms with Gasteiger partial charge in [-0.1, -0.05) is 37.3 Å². The molecule has 1 aromatic carbocycles. The number of nitrogens with two attached hydrogens (primary N) is 1. The molecule has 4 nitrogen and oxygen atoms in total. The number of nitrogens with zero attached hydrogens (tertiary/aromatic N) is 1. The van der Waals surface area contributed by atoms with Crippen LogP contribution in [0.15, 0.2) is 30.3 Å². The number of carbonyl (C=O) groups is 1. The van der Waals surface area contributed by atoms with Crippen molar-refractivity contribution >= 4 is 5.91 Å². The van der Waals surface area contributed by atoms with E-state index < -0.39 is 6.04 Å². The van der Waals surface area contributed by atoms with Crippen molar-refractivity contribution < 1.29 is 4.79 Å². The second-order valence-corrected chi connectivity index (χ2v) is 6.18. The fourth-order valence-electron chi connectivity index (χ4n) is 2.83. The summed E-state index contributed by atoms with van der Waals surface area (Å²) in [5.41, 5.74) is 6.89. The van der Waals surface area contributed by atoms with E-state index in [0.717, 1.165) is 19.0 Å². The second-order valence-electron chi connectivity index (χ2n) is 6.18. The van der Waals surface area contributed by atoms with Crippen LogP contribution in [0.4, 0.5) is 0 Å². The Morgan fingerprint density at radius 2 is 1.95 bits per heavy atom. The third-order valence-corrected chi connectivity index (χ3v) is 4.33. The fourth-order valence-corrected chi connectivity index (χ4v) is 2.83. The van der Waals surface area contributed by atoms with Gasteiger partial charge in [-0.3, -0.25) is 9.69 Å². The van der Waals surface area contributed by atoms with Crippen LogP contribution in [0.1, 0.15) is 38.3 Å². The number of amides is 1. The minimum atomic E-state index is -0.456. The number of hydrogen-bond donors (Lipinski definition) is 2. The van der Waals surface area contributed by atoms with Crippen LogP contribution in [0.2, 0.25) is 0 Å². The second kappa shape index (κ2) is 7.57. The molecule has 1 fully saturated rings. The SMILES string of the molecule is CC1CCN(C(CNC(=O)C(C)N)c2ccccc2)CC1. The lowest BCUT2D eigenvalue weighted by Crippen LogP contribution is -2.45. The molecule has 2 unspecified atom stereocenters. The lowest BCUT2D eigenvalue weighted by Gasteiger charge is -2.37. The molecule has 0 bridgehead atoms. The van der Waals surface area contributed by atoms with Crippen LogP contribution in [0.25, 0.3) is 0 Å². The number of benzene rings is 1. The van der Waals surface area contributed by atoms with Gasteiger partial charge < -0.3 is 11.1 Å². The molecule has 4 heteroatoms. The molecule has 21 heavy (non-hydrogen) atoms. The maximum Gasteiger partial charge on any atom is 0.236 e. The zero-order chi connectivity index (χ0) is 15.2. The van der Waals surface area contributed by atoms with Crippen LogP contribution in [0, 0.1) is 5.92 Å². The summed E-state index contributed by atoms with van der Waals surface area (Å²) in [6, 6.07) is 10.2. The molecule has 116 valence electrons. The highest BCUT2D eigenvalue weighted by atomic mass is 16.2. The van der Waals surface area contributed by atoms with Gasteiger partial charge in [0.1, 0.15) is 0 Å². The van der Waals surface area contributed by atoms with Crippen LogP contribution >= 0.6 is 0 Å². The van der Waals surface area contributed by atoms with Crippen molar-refractivity contribution in [3.63, 3.8) is 0 Å². The van der Waals surface area contributed by atoms with Crippen LogP contribution in [0.3, 0.4) is 0 Å². The molecule has 0 aromatic heterocycles. The molecule has 0 saturated carbocycles. The Bertz CT molecular complexity index is 439. The van der Waals surface area contributed by atoms with Gasteiger partial charge in [0, 0.05) is 6.54 Å². The van der Waals surface area contributed by atoms with Crippen molar-refractivity contribution in [1.82, 2.24) is 10.2 Å². The Balaban J connectivity index is 2.05. The summed E-state index contributed by atoms with van der Waals surface area (Å²) in [5.74, 6) is 0.720. The number of rotatable bonds is 5. The Morgan fingerprint density at radius 1 is 1.33 bits per heavy atom. The molecule has 0 radical (unpaired) electrons. The average molecular weight is 289 g/mol. The maximum absolute atomic E-state index is 11.8. The molecule has 1 aliphatic rings. The van der Waals surface area contributed by atoms with Crippen molar-refractivity contribution in [2.24, 2.45) is 11.7 Å². The standard InChI is InChI=1S/C17H27N3O/c1-13-8-10-20(11-9-13)16(12-19-17(21)14(2)18)15-6-4-3-5-7-15/h3-7,13-14,16H,8-12,18H2,1-2H3,(H,19,21). The largest absolute Gasteiger partial charge is 0.353 e. The van der Waals surface area contributed by atoms with Crippen molar-refractivity contribution in [3.05, 3.63) is 35.9 Å². The summed E-state index contributed by atoms with van der Waals surface area (Å²) < 4.78 is 0. The lowest BCUT2D eigenvalue weighted by atomic mass is 9.95. The van der Waals surface area contributed by atoms with Gasteiger partial charge in [-0.2, -0.15) is 0 Å². The highest BCUT2D eigenvalue weighted by Crippen LogP contribution is 2.26. The summed E-state index contributed by atoms with van der Waals surface area (Å²) in [5, 5.41) is 2.98. The van der Waals surface area contributed by atoms with E-state index in [9.17, 15) is 4.79 Å². The molecular weight excluding hydrogens is 262 g/mol. The Morgan fingerprint density at radius 3 is 2.52 bits per heavy atom. The third-order valence-electron chi connectivity index (χ3n) is 4.33. The van der Waals surface area contributed by atoms with Gasteiger partial charge in [-0.05, 0) is 44.3 Å². The molecule has 1 aliphatic heterocycles. The molecule has 1 heterocycles. The van der Waals surface area contributed by atoms with Crippen molar-refractivity contribution in [3.8, 4) is 0 Å². The van der Waals surface area contributed by atoms with E-state index in [0.29, 0.717) is 6.54 Å². The van der Waals surface area contributed by atoms with Crippen LogP contribution in [-0.2, 0) is 4.79 Å². The number of hydrogen-bond acceptors (Lipinski definition) is 3. The van der Waals surface area contributed by atoms with E-state index in [2.05, 4.69) is 41.4 Å². The molecular formula is C17H27N3O. The maximum atomic E-state index is 11.8. The number of nitrogens with one attached hydrogen (secondary N) is 1. The highest BCUT2D eigenvalue weighted by Gasteiger charge is 2.25. The Kier molecular flexibility index (Phi) is 5.76. The smallest absolute Gasteiger partial charge is 0.236 e. The van der Waals surface area contributed by atoms with E-state index in [-0.39, 0.29) is 11.9 Å². The van der Waals surface area contributed by atoms with Crippen molar-refractivity contribution in [2.75, 3.05) is 19.6 Å². The van der Waals surface area contributed by atoms with Gasteiger partial charge in [-0.25, -0.2) is 0 Å². The highest BCUT2D eigenvalue weighted by molar-refractivity contribution is 5.80. The Hall–Kier alpha value is -1.39. The van der Waals surface area contributed by atoms with Gasteiger partial charge >= 0.3 is 0 Å². The molecule has 1 aromatic rings. The first kappa shape index (κ1) is 16.0. The summed E-state index contributed by atoms with van der Waals surface area (Å²) in [6.07, 6.45) is 2.45. The first-order valence-electron chi connectivity index (χ1n) is 7.90. The normalized spacial score (nSPS) is 20.0. The topological polar surface area (TPSA) is 58.4 Å². The number of piperidine rings is 1. The van der Waals surface area contributed by atoms with Crippen LogP contribution in [0.5, 0.6) is 0 Å². The van der Waals surface area contributed by atoms with Gasteiger partial charge in [0.25, 0.3) is 0 Å². The van der Waals surface area contributed by atoms with Crippen molar-refractivity contribution in [2.45, 2.75) is 38.8 Å². The van der Waals surface area contributed by atoms with E-state index in [4.69, 9.17) is 5.73 Å². The molecule has 2 rings (SSSR count). The number of likely N-dealkylation sites (tertiary alicyclic amines) is 1. The van der Waals surface area contributed by atoms with Gasteiger partial charge in [0.05, 0.1) is 12.1 Å². The molecule has 3 N–H and O–H groups in total. The van der Waals surface area contributed by atoms with Gasteiger partial charge in [0.2, 0.25) is 5.91 Å². The minimum Gasteiger partial charge on any atom is -0.353 e. The Labute approximate surface area is 127 Å². The minimum absolute atomic E-state index is 0.0821. The average Bonchev–Trinajstić information content (AvgIpc) is 2.50. The fraction of sp³-hybridized carbons (Fsp3) is 0.588. The molecule has 1 saturated heterocycles.